The first-order valence-corrected chi connectivity index (χ1v) is 7.53. The number of aromatic nitrogens is 1. The Balaban J connectivity index is 1.88. The van der Waals surface area contributed by atoms with Crippen molar-refractivity contribution in [2.45, 2.75) is 32.2 Å². The summed E-state index contributed by atoms with van der Waals surface area (Å²) >= 11 is 0. The van der Waals surface area contributed by atoms with E-state index in [1.54, 1.807) is 17.2 Å². The molecule has 1 aromatic heterocycles. The van der Waals surface area contributed by atoms with Gasteiger partial charge in [0.15, 0.2) is 11.6 Å². The number of hydrogen-bond acceptors (Lipinski definition) is 4. The van der Waals surface area contributed by atoms with Crippen LogP contribution in [0.3, 0.4) is 0 Å². The summed E-state index contributed by atoms with van der Waals surface area (Å²) in [6.07, 6.45) is 4.31. The first kappa shape index (κ1) is 15.7. The molecular formula is C15H23FN4O. The van der Waals surface area contributed by atoms with Gasteiger partial charge < -0.3 is 15.5 Å². The standard InChI is InChI=1S/C15H23FN4O/c1-2-3-6-13(17)15(21)20-10-8-19(9-11-20)14-12(16)5-4-7-18-14/h4-5,7,13H,2-3,6,8-11,17H2,1H3/t13-/m0/s1. The molecule has 0 radical (unpaired) electrons. The Morgan fingerprint density at radius 2 is 2.14 bits per heavy atom. The zero-order chi connectivity index (χ0) is 15.2. The van der Waals surface area contributed by atoms with Crippen molar-refractivity contribution >= 4 is 11.7 Å². The second-order valence-corrected chi connectivity index (χ2v) is 5.37. The minimum Gasteiger partial charge on any atom is -0.351 e. The largest absolute Gasteiger partial charge is 0.351 e. The molecule has 1 atom stereocenters. The molecule has 0 unspecified atom stereocenters. The molecule has 0 aromatic carbocycles. The first-order chi connectivity index (χ1) is 10.1. The van der Waals surface area contributed by atoms with Gasteiger partial charge in [-0.15, -0.1) is 0 Å². The molecule has 0 saturated carbocycles. The van der Waals surface area contributed by atoms with Crippen LogP contribution < -0.4 is 10.6 Å². The summed E-state index contributed by atoms with van der Waals surface area (Å²) < 4.78 is 13.7. The molecule has 0 spiro atoms. The summed E-state index contributed by atoms with van der Waals surface area (Å²) in [5.41, 5.74) is 5.93. The monoisotopic (exact) mass is 294 g/mol. The molecule has 5 nitrogen and oxygen atoms in total. The van der Waals surface area contributed by atoms with Crippen molar-refractivity contribution in [1.29, 1.82) is 0 Å². The molecule has 1 fully saturated rings. The van der Waals surface area contributed by atoms with Gasteiger partial charge in [-0.25, -0.2) is 9.37 Å². The van der Waals surface area contributed by atoms with Crippen LogP contribution in [0.5, 0.6) is 0 Å². The van der Waals surface area contributed by atoms with Gasteiger partial charge in [0.25, 0.3) is 0 Å². The van der Waals surface area contributed by atoms with Crippen LogP contribution in [-0.2, 0) is 4.79 Å². The highest BCUT2D eigenvalue weighted by atomic mass is 19.1. The lowest BCUT2D eigenvalue weighted by molar-refractivity contribution is -0.133. The van der Waals surface area contributed by atoms with Crippen LogP contribution in [-0.4, -0.2) is 48.0 Å². The molecule has 2 N–H and O–H groups in total. The van der Waals surface area contributed by atoms with E-state index in [0.717, 1.165) is 19.3 Å². The lowest BCUT2D eigenvalue weighted by atomic mass is 10.1. The number of piperazine rings is 1. The summed E-state index contributed by atoms with van der Waals surface area (Å²) in [4.78, 5) is 19.9. The SMILES string of the molecule is CCCC[C@H](N)C(=O)N1CCN(c2ncccc2F)CC1. The molecule has 21 heavy (non-hydrogen) atoms. The van der Waals surface area contributed by atoms with Gasteiger partial charge in [-0.3, -0.25) is 4.79 Å². The van der Waals surface area contributed by atoms with Crippen LogP contribution in [0.2, 0.25) is 0 Å². The maximum atomic E-state index is 13.7. The number of amides is 1. The molecule has 0 aliphatic carbocycles. The average Bonchev–Trinajstić information content (AvgIpc) is 2.52. The number of pyridine rings is 1. The smallest absolute Gasteiger partial charge is 0.239 e. The number of unbranched alkanes of at least 4 members (excludes halogenated alkanes) is 1. The van der Waals surface area contributed by atoms with Crippen molar-refractivity contribution in [2.75, 3.05) is 31.1 Å². The van der Waals surface area contributed by atoms with Crippen molar-refractivity contribution in [3.8, 4) is 0 Å². The Morgan fingerprint density at radius 3 is 2.76 bits per heavy atom. The summed E-state index contributed by atoms with van der Waals surface area (Å²) in [5.74, 6) is 0.0430. The second-order valence-electron chi connectivity index (χ2n) is 5.37. The number of carbonyl (C=O) groups is 1. The number of carbonyl (C=O) groups excluding carboxylic acids is 1. The third-order valence-corrected chi connectivity index (χ3v) is 3.82. The van der Waals surface area contributed by atoms with Crippen molar-refractivity contribution in [2.24, 2.45) is 5.73 Å². The van der Waals surface area contributed by atoms with Crippen molar-refractivity contribution in [3.63, 3.8) is 0 Å². The molecule has 1 aliphatic rings. The molecule has 1 amide bonds. The summed E-state index contributed by atoms with van der Waals surface area (Å²) in [7, 11) is 0. The Morgan fingerprint density at radius 1 is 1.43 bits per heavy atom. The van der Waals surface area contributed by atoms with E-state index < -0.39 is 6.04 Å². The number of halogens is 1. The molecule has 1 saturated heterocycles. The van der Waals surface area contributed by atoms with E-state index in [1.165, 1.54) is 6.07 Å². The normalized spacial score (nSPS) is 16.9. The summed E-state index contributed by atoms with van der Waals surface area (Å²) in [6.45, 7) is 4.38. The quantitative estimate of drug-likeness (QED) is 0.891. The number of rotatable bonds is 5. The van der Waals surface area contributed by atoms with Crippen LogP contribution in [0.25, 0.3) is 0 Å². The van der Waals surface area contributed by atoms with Crippen LogP contribution >= 0.6 is 0 Å². The van der Waals surface area contributed by atoms with Crippen LogP contribution in [0.1, 0.15) is 26.2 Å². The van der Waals surface area contributed by atoms with Crippen LogP contribution in [0.15, 0.2) is 18.3 Å². The Hall–Kier alpha value is -1.69. The summed E-state index contributed by atoms with van der Waals surface area (Å²) in [5, 5.41) is 0. The van der Waals surface area contributed by atoms with Gasteiger partial charge in [0.2, 0.25) is 5.91 Å². The Bertz CT molecular complexity index is 474. The Kier molecular flexibility index (Phi) is 5.50. The van der Waals surface area contributed by atoms with Gasteiger partial charge in [-0.2, -0.15) is 0 Å². The van der Waals surface area contributed by atoms with Crippen molar-refractivity contribution < 1.29 is 9.18 Å². The molecule has 2 heterocycles. The zero-order valence-electron chi connectivity index (χ0n) is 12.5. The van der Waals surface area contributed by atoms with E-state index >= 15 is 0 Å². The third kappa shape index (κ3) is 3.91. The van der Waals surface area contributed by atoms with Crippen LogP contribution in [0.4, 0.5) is 10.2 Å². The highest BCUT2D eigenvalue weighted by Gasteiger charge is 2.26. The lowest BCUT2D eigenvalue weighted by Gasteiger charge is -2.36. The average molecular weight is 294 g/mol. The fourth-order valence-electron chi connectivity index (χ4n) is 2.53. The van der Waals surface area contributed by atoms with E-state index in [-0.39, 0.29) is 11.7 Å². The highest BCUT2D eigenvalue weighted by molar-refractivity contribution is 5.81. The third-order valence-electron chi connectivity index (χ3n) is 3.82. The zero-order valence-corrected chi connectivity index (χ0v) is 12.5. The molecule has 1 aromatic rings. The molecule has 2 rings (SSSR count). The summed E-state index contributed by atoms with van der Waals surface area (Å²) in [6, 6.07) is 2.56. The van der Waals surface area contributed by atoms with Gasteiger partial charge in [0.05, 0.1) is 6.04 Å². The predicted molar refractivity (Wildman–Crippen MR) is 80.5 cm³/mol. The van der Waals surface area contributed by atoms with Crippen LogP contribution in [0, 0.1) is 5.82 Å². The number of hydrogen-bond donors (Lipinski definition) is 1. The minimum absolute atomic E-state index is 0.00425. The van der Waals surface area contributed by atoms with E-state index in [1.807, 2.05) is 4.90 Å². The maximum Gasteiger partial charge on any atom is 0.239 e. The maximum absolute atomic E-state index is 13.7. The molecule has 1 aliphatic heterocycles. The van der Waals surface area contributed by atoms with E-state index in [9.17, 15) is 9.18 Å². The predicted octanol–water partition coefficient (Wildman–Crippen LogP) is 1.39. The Labute approximate surface area is 124 Å². The van der Waals surface area contributed by atoms with Gasteiger partial charge in [0.1, 0.15) is 0 Å². The van der Waals surface area contributed by atoms with Gasteiger partial charge in [0, 0.05) is 32.4 Å². The lowest BCUT2D eigenvalue weighted by Crippen LogP contribution is -2.53. The fraction of sp³-hybridized carbons (Fsp3) is 0.600. The molecule has 116 valence electrons. The second kappa shape index (κ2) is 7.36. The molecular weight excluding hydrogens is 271 g/mol. The first-order valence-electron chi connectivity index (χ1n) is 7.53. The topological polar surface area (TPSA) is 62.5 Å². The highest BCUT2D eigenvalue weighted by Crippen LogP contribution is 2.17. The van der Waals surface area contributed by atoms with Gasteiger partial charge >= 0.3 is 0 Å². The number of anilines is 1. The van der Waals surface area contributed by atoms with Crippen molar-refractivity contribution in [3.05, 3.63) is 24.1 Å². The number of nitrogens with zero attached hydrogens (tertiary/aromatic N) is 3. The van der Waals surface area contributed by atoms with E-state index in [0.29, 0.717) is 32.0 Å². The number of nitrogens with two attached hydrogens (primary N) is 1. The fourth-order valence-corrected chi connectivity index (χ4v) is 2.53. The van der Waals surface area contributed by atoms with Gasteiger partial charge in [-0.1, -0.05) is 19.8 Å². The van der Waals surface area contributed by atoms with E-state index in [4.69, 9.17) is 5.73 Å². The van der Waals surface area contributed by atoms with Crippen molar-refractivity contribution in [1.82, 2.24) is 9.88 Å². The minimum atomic E-state index is -0.414. The van der Waals surface area contributed by atoms with Gasteiger partial charge in [-0.05, 0) is 18.6 Å². The molecule has 6 heteroatoms. The molecule has 0 bridgehead atoms. The van der Waals surface area contributed by atoms with E-state index in [2.05, 4.69) is 11.9 Å².